The highest BCUT2D eigenvalue weighted by atomic mass is 79.9. The summed E-state index contributed by atoms with van der Waals surface area (Å²) in [4.78, 5) is 2.49. The van der Waals surface area contributed by atoms with Crippen molar-refractivity contribution in [2.24, 2.45) is 5.92 Å². The average Bonchev–Trinajstić information content (AvgIpc) is 2.83. The van der Waals surface area contributed by atoms with Crippen molar-refractivity contribution in [2.75, 3.05) is 20.1 Å². The van der Waals surface area contributed by atoms with Crippen molar-refractivity contribution < 1.29 is 0 Å². The van der Waals surface area contributed by atoms with Gasteiger partial charge in [0.05, 0.1) is 3.79 Å². The summed E-state index contributed by atoms with van der Waals surface area (Å²) >= 11 is 5.33. The van der Waals surface area contributed by atoms with Crippen LogP contribution in [0.4, 0.5) is 0 Å². The van der Waals surface area contributed by atoms with Gasteiger partial charge in [0.1, 0.15) is 0 Å². The fourth-order valence-electron chi connectivity index (χ4n) is 3.23. The van der Waals surface area contributed by atoms with Crippen molar-refractivity contribution in [3.8, 4) is 0 Å². The molecule has 1 saturated carbocycles. The van der Waals surface area contributed by atoms with E-state index in [2.05, 4.69) is 51.6 Å². The molecule has 1 N–H and O–H groups in total. The number of rotatable bonds is 7. The molecule has 20 heavy (non-hydrogen) atoms. The highest BCUT2D eigenvalue weighted by Gasteiger charge is 2.25. The standard InChI is InChI=1S/C16H27BrN2S/c1-3-8-18-15-7-5-4-6-14(15)11-19(2)10-13-9-16(17)20-12-13/h9,12,14-15,18H,3-8,10-11H2,1-2H3. The van der Waals surface area contributed by atoms with Gasteiger partial charge >= 0.3 is 0 Å². The Morgan fingerprint density at radius 1 is 1.40 bits per heavy atom. The Hall–Kier alpha value is 0.100. The Balaban J connectivity index is 1.82. The van der Waals surface area contributed by atoms with Crippen LogP contribution in [0.3, 0.4) is 0 Å². The lowest BCUT2D eigenvalue weighted by atomic mass is 9.84. The molecule has 1 fully saturated rings. The minimum atomic E-state index is 0.736. The monoisotopic (exact) mass is 358 g/mol. The molecular formula is C16H27BrN2S. The van der Waals surface area contributed by atoms with E-state index in [1.165, 1.54) is 54.5 Å². The fraction of sp³-hybridized carbons (Fsp3) is 0.750. The molecule has 4 heteroatoms. The Labute approximate surface area is 136 Å². The molecule has 0 aliphatic heterocycles. The van der Waals surface area contributed by atoms with Crippen LogP contribution in [-0.2, 0) is 6.54 Å². The lowest BCUT2D eigenvalue weighted by molar-refractivity contribution is 0.185. The molecule has 114 valence electrons. The highest BCUT2D eigenvalue weighted by molar-refractivity contribution is 9.11. The van der Waals surface area contributed by atoms with E-state index < -0.39 is 0 Å². The molecule has 1 aromatic rings. The van der Waals surface area contributed by atoms with Gasteiger partial charge in [-0.15, -0.1) is 11.3 Å². The second-order valence-corrected chi connectivity index (χ2v) is 8.35. The third-order valence-electron chi connectivity index (χ3n) is 4.19. The first-order valence-electron chi connectivity index (χ1n) is 7.84. The summed E-state index contributed by atoms with van der Waals surface area (Å²) in [7, 11) is 2.26. The third-order valence-corrected chi connectivity index (χ3v) is 5.74. The normalized spacial score (nSPS) is 23.4. The van der Waals surface area contributed by atoms with Crippen LogP contribution in [0.2, 0.25) is 0 Å². The first kappa shape index (κ1) is 16.5. The molecule has 0 aromatic carbocycles. The smallest absolute Gasteiger partial charge is 0.0701 e. The van der Waals surface area contributed by atoms with Crippen LogP contribution in [0.5, 0.6) is 0 Å². The van der Waals surface area contributed by atoms with Crippen LogP contribution in [0.15, 0.2) is 15.2 Å². The summed E-state index contributed by atoms with van der Waals surface area (Å²) in [5.74, 6) is 0.822. The van der Waals surface area contributed by atoms with E-state index in [9.17, 15) is 0 Å². The van der Waals surface area contributed by atoms with Gasteiger partial charge in [-0.1, -0.05) is 19.8 Å². The highest BCUT2D eigenvalue weighted by Crippen LogP contribution is 2.26. The van der Waals surface area contributed by atoms with Gasteiger partial charge in [0.15, 0.2) is 0 Å². The number of nitrogens with one attached hydrogen (secondary N) is 1. The first-order chi connectivity index (χ1) is 9.69. The minimum Gasteiger partial charge on any atom is -0.314 e. The zero-order valence-corrected chi connectivity index (χ0v) is 15.1. The van der Waals surface area contributed by atoms with E-state index in [0.717, 1.165) is 18.5 Å². The number of nitrogens with zero attached hydrogens (tertiary/aromatic N) is 1. The zero-order valence-electron chi connectivity index (χ0n) is 12.7. The molecule has 0 bridgehead atoms. The maximum atomic E-state index is 3.76. The number of hydrogen-bond acceptors (Lipinski definition) is 3. The van der Waals surface area contributed by atoms with E-state index in [-0.39, 0.29) is 0 Å². The van der Waals surface area contributed by atoms with Gasteiger partial charge in [0.2, 0.25) is 0 Å². The topological polar surface area (TPSA) is 15.3 Å². The lowest BCUT2D eigenvalue weighted by Crippen LogP contribution is -2.43. The Kier molecular flexibility index (Phi) is 7.02. The molecule has 1 aliphatic rings. The molecule has 1 heterocycles. The SMILES string of the molecule is CCCNC1CCCCC1CN(C)Cc1csc(Br)c1. The van der Waals surface area contributed by atoms with Gasteiger partial charge in [-0.25, -0.2) is 0 Å². The summed E-state index contributed by atoms with van der Waals surface area (Å²) in [6, 6.07) is 2.98. The van der Waals surface area contributed by atoms with Crippen molar-refractivity contribution in [3.63, 3.8) is 0 Å². The van der Waals surface area contributed by atoms with Crippen LogP contribution in [0.25, 0.3) is 0 Å². The van der Waals surface area contributed by atoms with E-state index in [0.29, 0.717) is 0 Å². The molecule has 0 spiro atoms. The van der Waals surface area contributed by atoms with Crippen LogP contribution in [-0.4, -0.2) is 31.1 Å². The van der Waals surface area contributed by atoms with Crippen molar-refractivity contribution in [2.45, 2.75) is 51.6 Å². The van der Waals surface area contributed by atoms with Crippen LogP contribution < -0.4 is 5.32 Å². The van der Waals surface area contributed by atoms with Crippen molar-refractivity contribution in [3.05, 3.63) is 20.8 Å². The maximum absolute atomic E-state index is 3.76. The Morgan fingerprint density at radius 3 is 2.90 bits per heavy atom. The molecule has 0 radical (unpaired) electrons. The zero-order chi connectivity index (χ0) is 14.4. The molecule has 1 aromatic heterocycles. The number of thiophene rings is 1. The number of hydrogen-bond donors (Lipinski definition) is 1. The van der Waals surface area contributed by atoms with Gasteiger partial charge in [0, 0.05) is 19.1 Å². The molecule has 0 saturated heterocycles. The molecule has 1 aliphatic carbocycles. The predicted molar refractivity (Wildman–Crippen MR) is 92.4 cm³/mol. The van der Waals surface area contributed by atoms with Gasteiger partial charge in [-0.2, -0.15) is 0 Å². The van der Waals surface area contributed by atoms with Gasteiger partial charge in [0.25, 0.3) is 0 Å². The molecule has 2 atom stereocenters. The molecular weight excluding hydrogens is 332 g/mol. The quantitative estimate of drug-likeness (QED) is 0.771. The summed E-state index contributed by atoms with van der Waals surface area (Å²) in [5, 5.41) is 6.02. The molecule has 0 amide bonds. The average molecular weight is 359 g/mol. The first-order valence-corrected chi connectivity index (χ1v) is 9.51. The summed E-state index contributed by atoms with van der Waals surface area (Å²) in [5.41, 5.74) is 1.43. The van der Waals surface area contributed by atoms with Crippen LogP contribution in [0, 0.1) is 5.92 Å². The predicted octanol–water partition coefficient (Wildman–Crippen LogP) is 4.50. The van der Waals surface area contributed by atoms with Crippen LogP contribution in [0.1, 0.15) is 44.6 Å². The van der Waals surface area contributed by atoms with E-state index >= 15 is 0 Å². The van der Waals surface area contributed by atoms with Crippen LogP contribution >= 0.6 is 27.3 Å². The van der Waals surface area contributed by atoms with Gasteiger partial charge in [-0.05, 0) is 71.7 Å². The maximum Gasteiger partial charge on any atom is 0.0701 e. The molecule has 2 unspecified atom stereocenters. The van der Waals surface area contributed by atoms with E-state index in [1.54, 1.807) is 11.3 Å². The summed E-state index contributed by atoms with van der Waals surface area (Å²) in [6.45, 7) is 5.71. The number of halogens is 1. The minimum absolute atomic E-state index is 0.736. The second-order valence-electron chi connectivity index (χ2n) is 6.06. The van der Waals surface area contributed by atoms with Crippen molar-refractivity contribution >= 4 is 27.3 Å². The Bertz CT molecular complexity index is 394. The van der Waals surface area contributed by atoms with Gasteiger partial charge < -0.3 is 10.2 Å². The van der Waals surface area contributed by atoms with Crippen molar-refractivity contribution in [1.82, 2.24) is 10.2 Å². The molecule has 2 rings (SSSR count). The fourth-order valence-corrected chi connectivity index (χ4v) is 4.43. The van der Waals surface area contributed by atoms with Crippen molar-refractivity contribution in [1.29, 1.82) is 0 Å². The largest absolute Gasteiger partial charge is 0.314 e. The Morgan fingerprint density at radius 2 is 2.20 bits per heavy atom. The second kappa shape index (κ2) is 8.52. The summed E-state index contributed by atoms with van der Waals surface area (Å²) < 4.78 is 1.24. The summed E-state index contributed by atoms with van der Waals surface area (Å²) in [6.07, 6.45) is 6.80. The van der Waals surface area contributed by atoms with E-state index in [4.69, 9.17) is 0 Å². The third kappa shape index (κ3) is 5.14. The van der Waals surface area contributed by atoms with Gasteiger partial charge in [-0.3, -0.25) is 0 Å². The lowest BCUT2D eigenvalue weighted by Gasteiger charge is -2.35. The van der Waals surface area contributed by atoms with E-state index in [1.807, 2.05) is 0 Å². The molecule has 2 nitrogen and oxygen atoms in total.